The van der Waals surface area contributed by atoms with Crippen LogP contribution in [0.15, 0.2) is 23.8 Å². The van der Waals surface area contributed by atoms with Crippen molar-refractivity contribution in [1.29, 1.82) is 0 Å². The molecule has 16 heavy (non-hydrogen) atoms. The predicted octanol–water partition coefficient (Wildman–Crippen LogP) is 4.10. The first kappa shape index (κ1) is 11.9. The van der Waals surface area contributed by atoms with Crippen molar-refractivity contribution in [3.05, 3.63) is 23.8 Å². The Morgan fingerprint density at radius 3 is 2.62 bits per heavy atom. The standard InChI is InChI=1S/C15H24O/c1-10-5-6-14(12(3)7-10)15-9-11(2)8-13(4)16-15/h5,12-15H,2,6-9H2,1,3-4H3/t12-,13+,14-,15+/m1/s1. The smallest absolute Gasteiger partial charge is 0.0649 e. The minimum Gasteiger partial charge on any atom is -0.374 e. The molecule has 0 spiro atoms. The van der Waals surface area contributed by atoms with Gasteiger partial charge in [0.15, 0.2) is 0 Å². The predicted molar refractivity (Wildman–Crippen MR) is 68.4 cm³/mol. The first-order chi connectivity index (χ1) is 7.56. The Kier molecular flexibility index (Phi) is 3.53. The first-order valence-electron chi connectivity index (χ1n) is 6.54. The summed E-state index contributed by atoms with van der Waals surface area (Å²) in [6.45, 7) is 10.9. The van der Waals surface area contributed by atoms with Gasteiger partial charge in [-0.1, -0.05) is 30.7 Å². The number of hydrogen-bond acceptors (Lipinski definition) is 1. The number of rotatable bonds is 1. The van der Waals surface area contributed by atoms with Gasteiger partial charge in [-0.05, 0) is 51.4 Å². The fourth-order valence-electron chi connectivity index (χ4n) is 3.25. The molecule has 0 radical (unpaired) electrons. The number of allylic oxidation sites excluding steroid dienone is 2. The summed E-state index contributed by atoms with van der Waals surface area (Å²) in [6.07, 6.45) is 7.73. The van der Waals surface area contributed by atoms with E-state index in [1.807, 2.05) is 0 Å². The van der Waals surface area contributed by atoms with Crippen molar-refractivity contribution in [3.8, 4) is 0 Å². The summed E-state index contributed by atoms with van der Waals surface area (Å²) in [5.41, 5.74) is 2.92. The van der Waals surface area contributed by atoms with Crippen LogP contribution in [0, 0.1) is 11.8 Å². The van der Waals surface area contributed by atoms with Crippen LogP contribution in [0.2, 0.25) is 0 Å². The molecular weight excluding hydrogens is 196 g/mol. The molecule has 1 saturated heterocycles. The third kappa shape index (κ3) is 2.57. The van der Waals surface area contributed by atoms with Crippen molar-refractivity contribution in [2.24, 2.45) is 11.8 Å². The average molecular weight is 220 g/mol. The Labute approximate surface area is 99.6 Å². The highest BCUT2D eigenvalue weighted by Gasteiger charge is 2.33. The van der Waals surface area contributed by atoms with E-state index >= 15 is 0 Å². The first-order valence-corrected chi connectivity index (χ1v) is 6.54. The Bertz CT molecular complexity index is 303. The lowest BCUT2D eigenvalue weighted by molar-refractivity contribution is -0.0640. The molecule has 1 heterocycles. The summed E-state index contributed by atoms with van der Waals surface area (Å²) < 4.78 is 6.11. The van der Waals surface area contributed by atoms with Crippen LogP contribution in [-0.4, -0.2) is 12.2 Å². The Morgan fingerprint density at radius 1 is 1.25 bits per heavy atom. The molecule has 1 nitrogen and oxygen atoms in total. The summed E-state index contributed by atoms with van der Waals surface area (Å²) in [5, 5.41) is 0. The van der Waals surface area contributed by atoms with Crippen molar-refractivity contribution < 1.29 is 4.74 Å². The monoisotopic (exact) mass is 220 g/mol. The average Bonchev–Trinajstić information content (AvgIpc) is 2.15. The van der Waals surface area contributed by atoms with E-state index in [1.165, 1.54) is 18.4 Å². The molecule has 0 saturated carbocycles. The van der Waals surface area contributed by atoms with Gasteiger partial charge in [0.05, 0.1) is 12.2 Å². The van der Waals surface area contributed by atoms with Crippen LogP contribution in [-0.2, 0) is 4.74 Å². The van der Waals surface area contributed by atoms with Crippen LogP contribution in [0.25, 0.3) is 0 Å². The maximum atomic E-state index is 6.11. The molecule has 0 amide bonds. The second-order valence-corrected chi connectivity index (χ2v) is 5.77. The molecule has 1 heteroatoms. The molecule has 0 aromatic heterocycles. The van der Waals surface area contributed by atoms with E-state index in [-0.39, 0.29) is 0 Å². The van der Waals surface area contributed by atoms with Gasteiger partial charge in [-0.3, -0.25) is 0 Å². The highest BCUT2D eigenvalue weighted by atomic mass is 16.5. The second kappa shape index (κ2) is 4.75. The van der Waals surface area contributed by atoms with E-state index in [1.54, 1.807) is 5.57 Å². The van der Waals surface area contributed by atoms with Crippen LogP contribution in [0.1, 0.15) is 46.5 Å². The van der Waals surface area contributed by atoms with Crippen molar-refractivity contribution in [2.45, 2.75) is 58.7 Å². The molecular formula is C15H24O. The molecule has 1 aliphatic carbocycles. The van der Waals surface area contributed by atoms with Crippen molar-refractivity contribution in [1.82, 2.24) is 0 Å². The van der Waals surface area contributed by atoms with Gasteiger partial charge >= 0.3 is 0 Å². The van der Waals surface area contributed by atoms with Crippen molar-refractivity contribution in [3.63, 3.8) is 0 Å². The highest BCUT2D eigenvalue weighted by Crippen LogP contribution is 2.37. The van der Waals surface area contributed by atoms with E-state index in [4.69, 9.17) is 4.74 Å². The quantitative estimate of drug-likeness (QED) is 0.604. The summed E-state index contributed by atoms with van der Waals surface area (Å²) in [7, 11) is 0. The van der Waals surface area contributed by atoms with Gasteiger partial charge in [0, 0.05) is 0 Å². The lowest BCUT2D eigenvalue weighted by Crippen LogP contribution is -2.36. The molecule has 0 aromatic carbocycles. The molecule has 2 aliphatic rings. The zero-order valence-electron chi connectivity index (χ0n) is 10.8. The third-order valence-corrected chi connectivity index (χ3v) is 4.06. The topological polar surface area (TPSA) is 9.23 Å². The normalized spacial score (nSPS) is 40.7. The fourth-order valence-corrected chi connectivity index (χ4v) is 3.25. The Hall–Kier alpha value is -0.560. The van der Waals surface area contributed by atoms with Gasteiger partial charge < -0.3 is 4.74 Å². The van der Waals surface area contributed by atoms with Gasteiger partial charge in [0.1, 0.15) is 0 Å². The zero-order chi connectivity index (χ0) is 11.7. The van der Waals surface area contributed by atoms with Crippen LogP contribution in [0.4, 0.5) is 0 Å². The highest BCUT2D eigenvalue weighted by molar-refractivity contribution is 5.09. The molecule has 1 aliphatic heterocycles. The van der Waals surface area contributed by atoms with E-state index < -0.39 is 0 Å². The van der Waals surface area contributed by atoms with Crippen LogP contribution in [0.5, 0.6) is 0 Å². The molecule has 1 fully saturated rings. The van der Waals surface area contributed by atoms with Crippen LogP contribution >= 0.6 is 0 Å². The van der Waals surface area contributed by atoms with E-state index in [0.717, 1.165) is 18.8 Å². The largest absolute Gasteiger partial charge is 0.374 e. The van der Waals surface area contributed by atoms with Crippen LogP contribution in [0.3, 0.4) is 0 Å². The molecule has 0 bridgehead atoms. The lowest BCUT2D eigenvalue weighted by atomic mass is 9.75. The maximum Gasteiger partial charge on any atom is 0.0649 e. The van der Waals surface area contributed by atoms with E-state index in [9.17, 15) is 0 Å². The minimum atomic E-state index is 0.366. The van der Waals surface area contributed by atoms with Gasteiger partial charge in [0.25, 0.3) is 0 Å². The molecule has 0 N–H and O–H groups in total. The maximum absolute atomic E-state index is 6.11. The van der Waals surface area contributed by atoms with Crippen molar-refractivity contribution >= 4 is 0 Å². The molecule has 0 unspecified atom stereocenters. The number of ether oxygens (including phenoxy) is 1. The van der Waals surface area contributed by atoms with Gasteiger partial charge in [0.2, 0.25) is 0 Å². The fraction of sp³-hybridized carbons (Fsp3) is 0.733. The SMILES string of the molecule is C=C1C[C@@H]([C@@H]2CC=C(C)C[C@H]2C)O[C@@H](C)C1. The second-order valence-electron chi connectivity index (χ2n) is 5.77. The summed E-state index contributed by atoms with van der Waals surface area (Å²) in [5.74, 6) is 1.45. The van der Waals surface area contributed by atoms with Crippen LogP contribution < -0.4 is 0 Å². The third-order valence-electron chi connectivity index (χ3n) is 4.06. The van der Waals surface area contributed by atoms with E-state index in [2.05, 4.69) is 33.4 Å². The number of hydrogen-bond donors (Lipinski definition) is 0. The molecule has 90 valence electrons. The van der Waals surface area contributed by atoms with Gasteiger partial charge in [-0.2, -0.15) is 0 Å². The van der Waals surface area contributed by atoms with Gasteiger partial charge in [-0.25, -0.2) is 0 Å². The molecule has 2 rings (SSSR count). The van der Waals surface area contributed by atoms with Crippen molar-refractivity contribution in [2.75, 3.05) is 0 Å². The Morgan fingerprint density at radius 2 is 2.00 bits per heavy atom. The minimum absolute atomic E-state index is 0.366. The summed E-state index contributed by atoms with van der Waals surface area (Å²) in [6, 6.07) is 0. The lowest BCUT2D eigenvalue weighted by Gasteiger charge is -2.39. The summed E-state index contributed by atoms with van der Waals surface area (Å²) in [4.78, 5) is 0. The molecule has 0 aromatic rings. The summed E-state index contributed by atoms with van der Waals surface area (Å²) >= 11 is 0. The molecule has 4 atom stereocenters. The zero-order valence-corrected chi connectivity index (χ0v) is 10.8. The Balaban J connectivity index is 2.04. The van der Waals surface area contributed by atoms with E-state index in [0.29, 0.717) is 18.1 Å². The van der Waals surface area contributed by atoms with Gasteiger partial charge in [-0.15, -0.1) is 0 Å².